The molecule has 0 radical (unpaired) electrons. The molecule has 3 rings (SSSR count). The van der Waals surface area contributed by atoms with E-state index in [0.29, 0.717) is 29.6 Å². The van der Waals surface area contributed by atoms with Crippen molar-refractivity contribution in [1.82, 2.24) is 5.32 Å². The number of nitrogens with one attached hydrogen (secondary N) is 2. The van der Waals surface area contributed by atoms with E-state index >= 15 is 0 Å². The van der Waals surface area contributed by atoms with Crippen molar-refractivity contribution in [3.8, 4) is 17.2 Å². The van der Waals surface area contributed by atoms with Crippen LogP contribution in [0.4, 0.5) is 0 Å². The first-order valence-corrected chi connectivity index (χ1v) is 9.65. The number of thioether (sulfide) groups is 1. The molecule has 1 heterocycles. The van der Waals surface area contributed by atoms with Crippen molar-refractivity contribution >= 4 is 44.8 Å². The van der Waals surface area contributed by atoms with Gasteiger partial charge in [0.1, 0.15) is 19.0 Å². The molecule has 1 aliphatic heterocycles. The van der Waals surface area contributed by atoms with Crippen molar-refractivity contribution in [3.63, 3.8) is 0 Å². The number of methoxy groups -OCH3 is 1. The molecule has 1 saturated heterocycles. The average molecular weight is 449 g/mol. The van der Waals surface area contributed by atoms with Crippen LogP contribution in [0.25, 0.3) is 6.08 Å². The summed E-state index contributed by atoms with van der Waals surface area (Å²) >= 11 is 4.47. The van der Waals surface area contributed by atoms with Crippen molar-refractivity contribution in [1.29, 1.82) is 5.41 Å². The fourth-order valence-electron chi connectivity index (χ4n) is 2.33. The summed E-state index contributed by atoms with van der Waals surface area (Å²) in [6.45, 7) is 0.762. The first-order valence-electron chi connectivity index (χ1n) is 8.04. The predicted octanol–water partition coefficient (Wildman–Crippen LogP) is 4.05. The van der Waals surface area contributed by atoms with Gasteiger partial charge < -0.3 is 19.5 Å². The van der Waals surface area contributed by atoms with Crippen molar-refractivity contribution < 1.29 is 19.0 Å². The summed E-state index contributed by atoms with van der Waals surface area (Å²) in [6.07, 6.45) is 1.71. The third-order valence-corrected chi connectivity index (χ3v) is 4.93. The van der Waals surface area contributed by atoms with Crippen molar-refractivity contribution in [2.24, 2.45) is 0 Å². The van der Waals surface area contributed by atoms with E-state index < -0.39 is 0 Å². The summed E-state index contributed by atoms with van der Waals surface area (Å²) in [5, 5.41) is 10.1. The maximum Gasteiger partial charge on any atom is 0.264 e. The Labute approximate surface area is 169 Å². The van der Waals surface area contributed by atoms with Crippen LogP contribution >= 0.6 is 27.7 Å². The summed E-state index contributed by atoms with van der Waals surface area (Å²) < 4.78 is 17.7. The number of rotatable bonds is 7. The zero-order chi connectivity index (χ0) is 19.2. The van der Waals surface area contributed by atoms with Crippen molar-refractivity contribution in [3.05, 3.63) is 57.4 Å². The molecule has 140 valence electrons. The van der Waals surface area contributed by atoms with E-state index in [2.05, 4.69) is 21.2 Å². The Balaban J connectivity index is 1.59. The molecule has 2 N–H and O–H groups in total. The first-order chi connectivity index (χ1) is 13.0. The summed E-state index contributed by atoms with van der Waals surface area (Å²) in [6, 6.07) is 13.0. The lowest BCUT2D eigenvalue weighted by Crippen LogP contribution is -2.18. The summed E-state index contributed by atoms with van der Waals surface area (Å²) in [5.41, 5.74) is 0.790. The van der Waals surface area contributed by atoms with E-state index in [-0.39, 0.29) is 11.1 Å². The lowest BCUT2D eigenvalue weighted by Gasteiger charge is -2.12. The van der Waals surface area contributed by atoms with Gasteiger partial charge in [-0.1, -0.05) is 22.0 Å². The van der Waals surface area contributed by atoms with Crippen LogP contribution in [0.2, 0.25) is 0 Å². The van der Waals surface area contributed by atoms with Gasteiger partial charge in [0.15, 0.2) is 16.7 Å². The van der Waals surface area contributed by atoms with Crippen LogP contribution < -0.4 is 19.5 Å². The Bertz CT molecular complexity index is 884. The number of amidine groups is 1. The molecule has 0 spiro atoms. The van der Waals surface area contributed by atoms with E-state index in [1.807, 2.05) is 30.3 Å². The van der Waals surface area contributed by atoms with E-state index in [9.17, 15) is 4.79 Å². The Morgan fingerprint density at radius 3 is 2.52 bits per heavy atom. The minimum absolute atomic E-state index is 0.129. The van der Waals surface area contributed by atoms with E-state index in [0.717, 1.165) is 27.5 Å². The van der Waals surface area contributed by atoms with Crippen LogP contribution in [-0.4, -0.2) is 31.4 Å². The third kappa shape index (κ3) is 5.27. The van der Waals surface area contributed by atoms with Crippen LogP contribution in [0.3, 0.4) is 0 Å². The number of hydrogen-bond acceptors (Lipinski definition) is 6. The van der Waals surface area contributed by atoms with Gasteiger partial charge in [-0.2, -0.15) is 0 Å². The lowest BCUT2D eigenvalue weighted by atomic mass is 10.2. The highest BCUT2D eigenvalue weighted by Gasteiger charge is 2.22. The fourth-order valence-corrected chi connectivity index (χ4v) is 3.29. The molecule has 27 heavy (non-hydrogen) atoms. The number of carbonyl (C=O) groups excluding carboxylic acids is 1. The number of halogens is 1. The minimum Gasteiger partial charge on any atom is -0.493 e. The summed E-state index contributed by atoms with van der Waals surface area (Å²) in [4.78, 5) is 12.2. The number of benzene rings is 2. The Kier molecular flexibility index (Phi) is 6.41. The molecule has 8 heteroatoms. The zero-order valence-corrected chi connectivity index (χ0v) is 16.9. The predicted molar refractivity (Wildman–Crippen MR) is 110 cm³/mol. The third-order valence-electron chi connectivity index (χ3n) is 3.57. The monoisotopic (exact) mass is 448 g/mol. The minimum atomic E-state index is -0.269. The topological polar surface area (TPSA) is 80.6 Å². The molecule has 0 bridgehead atoms. The van der Waals surface area contributed by atoms with Crippen LogP contribution in [0.1, 0.15) is 5.56 Å². The molecule has 0 aromatic heterocycles. The highest BCUT2D eigenvalue weighted by Crippen LogP contribution is 2.31. The zero-order valence-electron chi connectivity index (χ0n) is 14.5. The number of carbonyl (C=O) groups is 1. The van der Waals surface area contributed by atoms with E-state index in [1.165, 1.54) is 0 Å². The number of ether oxygens (including phenoxy) is 3. The SMILES string of the molecule is COc1cc(/C=C2\SC(=N)NC2=O)ccc1OCCOc1ccc(Br)cc1. The van der Waals surface area contributed by atoms with Crippen molar-refractivity contribution in [2.75, 3.05) is 20.3 Å². The van der Waals surface area contributed by atoms with E-state index in [4.69, 9.17) is 19.6 Å². The van der Waals surface area contributed by atoms with Gasteiger partial charge in [0, 0.05) is 4.47 Å². The van der Waals surface area contributed by atoms with E-state index in [1.54, 1.807) is 25.3 Å². The Hall–Kier alpha value is -2.45. The Morgan fingerprint density at radius 1 is 1.11 bits per heavy atom. The highest BCUT2D eigenvalue weighted by atomic mass is 79.9. The Morgan fingerprint density at radius 2 is 1.85 bits per heavy atom. The van der Waals surface area contributed by atoms with Gasteiger partial charge in [-0.05, 0) is 59.8 Å². The smallest absolute Gasteiger partial charge is 0.264 e. The van der Waals surface area contributed by atoms with Gasteiger partial charge in [0.2, 0.25) is 0 Å². The molecule has 6 nitrogen and oxygen atoms in total. The fraction of sp³-hybridized carbons (Fsp3) is 0.158. The highest BCUT2D eigenvalue weighted by molar-refractivity contribution is 9.10. The molecular weight excluding hydrogens is 432 g/mol. The average Bonchev–Trinajstić information content (AvgIpc) is 2.98. The molecule has 1 fully saturated rings. The van der Waals surface area contributed by atoms with Gasteiger partial charge in [0.25, 0.3) is 5.91 Å². The maximum absolute atomic E-state index is 11.7. The molecule has 1 amide bonds. The molecular formula is C19H17BrN2O4S. The molecule has 0 unspecified atom stereocenters. The van der Waals surface area contributed by atoms with Crippen LogP contribution in [0.15, 0.2) is 51.8 Å². The second-order valence-electron chi connectivity index (χ2n) is 5.46. The van der Waals surface area contributed by atoms with Gasteiger partial charge in [-0.3, -0.25) is 10.2 Å². The van der Waals surface area contributed by atoms with Gasteiger partial charge in [0.05, 0.1) is 12.0 Å². The maximum atomic E-state index is 11.7. The largest absolute Gasteiger partial charge is 0.493 e. The molecule has 0 aliphatic carbocycles. The first kappa shape index (κ1) is 19.3. The molecule has 0 saturated carbocycles. The standard InChI is InChI=1S/C19H17BrN2O4S/c1-24-16-10-12(11-17-18(23)22-19(21)27-17)2-7-15(16)26-9-8-25-14-5-3-13(20)4-6-14/h2-7,10-11H,8-9H2,1H3,(H2,21,22,23)/b17-11-. The molecule has 1 aliphatic rings. The van der Waals surface area contributed by atoms with Crippen LogP contribution in [0.5, 0.6) is 17.2 Å². The van der Waals surface area contributed by atoms with Crippen LogP contribution in [0, 0.1) is 5.41 Å². The number of hydrogen-bond donors (Lipinski definition) is 2. The second kappa shape index (κ2) is 8.96. The van der Waals surface area contributed by atoms with Gasteiger partial charge >= 0.3 is 0 Å². The van der Waals surface area contributed by atoms with Crippen molar-refractivity contribution in [2.45, 2.75) is 0 Å². The second-order valence-corrected chi connectivity index (χ2v) is 7.42. The normalized spacial score (nSPS) is 15.0. The molecule has 0 atom stereocenters. The van der Waals surface area contributed by atoms with Gasteiger partial charge in [-0.25, -0.2) is 0 Å². The molecule has 2 aromatic carbocycles. The molecule has 2 aromatic rings. The van der Waals surface area contributed by atoms with Gasteiger partial charge in [-0.15, -0.1) is 0 Å². The number of amides is 1. The summed E-state index contributed by atoms with van der Waals surface area (Å²) in [5.74, 6) is 1.66. The summed E-state index contributed by atoms with van der Waals surface area (Å²) in [7, 11) is 1.56. The van der Waals surface area contributed by atoms with Crippen LogP contribution in [-0.2, 0) is 4.79 Å². The quantitative estimate of drug-likeness (QED) is 0.493. The lowest BCUT2D eigenvalue weighted by molar-refractivity contribution is -0.115.